The number of nitrogens with one attached hydrogen (secondary N) is 2. The predicted molar refractivity (Wildman–Crippen MR) is 120 cm³/mol. The van der Waals surface area contributed by atoms with E-state index in [2.05, 4.69) is 20.3 Å². The van der Waals surface area contributed by atoms with Gasteiger partial charge in [-0.05, 0) is 19.2 Å². The third-order valence-corrected chi connectivity index (χ3v) is 4.77. The van der Waals surface area contributed by atoms with E-state index in [-0.39, 0.29) is 39.5 Å². The van der Waals surface area contributed by atoms with Crippen molar-refractivity contribution in [1.29, 1.82) is 0 Å². The van der Waals surface area contributed by atoms with E-state index in [1.165, 1.54) is 31.7 Å². The molecule has 14 heteroatoms. The fourth-order valence-electron chi connectivity index (χ4n) is 2.57. The summed E-state index contributed by atoms with van der Waals surface area (Å²) < 4.78 is 5.05. The zero-order chi connectivity index (χ0) is 24.5. The van der Waals surface area contributed by atoms with Crippen molar-refractivity contribution in [2.45, 2.75) is 24.4 Å². The number of nitrogens with zero attached hydrogens (tertiary/aromatic N) is 2. The molecule has 1 heterocycles. The molecule has 12 nitrogen and oxygen atoms in total. The molecule has 182 valence electrons. The third-order valence-electron chi connectivity index (χ3n) is 4.27. The fraction of sp³-hybridized carbons (Fsp3) is 0.421. The minimum atomic E-state index is -1.71. The summed E-state index contributed by atoms with van der Waals surface area (Å²) in [7, 11) is 2.90. The molecule has 33 heavy (non-hydrogen) atoms. The molecule has 6 N–H and O–H groups in total. The summed E-state index contributed by atoms with van der Waals surface area (Å²) >= 11 is 12.2. The van der Waals surface area contributed by atoms with Crippen LogP contribution in [0, 0.1) is 0 Å². The summed E-state index contributed by atoms with van der Waals surface area (Å²) in [5, 5.41) is 42.5. The number of H-pyrrole nitrogens is 1. The van der Waals surface area contributed by atoms with Gasteiger partial charge in [0, 0.05) is 23.3 Å². The number of likely N-dealkylation sites (N-methyl/N-ethyl adjacent to an activating group) is 1. The highest BCUT2D eigenvalue weighted by atomic mass is 35.5. The summed E-state index contributed by atoms with van der Waals surface area (Å²) in [5.41, 5.74) is -0.147. The van der Waals surface area contributed by atoms with Gasteiger partial charge in [-0.1, -0.05) is 23.2 Å². The highest BCUT2D eigenvalue weighted by Crippen LogP contribution is 2.32. The van der Waals surface area contributed by atoms with Gasteiger partial charge < -0.3 is 35.4 Å². The number of rotatable bonds is 12. The van der Waals surface area contributed by atoms with Crippen molar-refractivity contribution in [2.75, 3.05) is 27.3 Å². The SMILES string of the molecule is CNCC(O)C(O)C(O)C(O)COOc1c(Cl)cc(Cl)cc1C=Nc1cnc(=O)[nH]c1OC. The van der Waals surface area contributed by atoms with E-state index in [1.54, 1.807) is 7.05 Å². The van der Waals surface area contributed by atoms with Crippen molar-refractivity contribution in [1.82, 2.24) is 15.3 Å². The van der Waals surface area contributed by atoms with E-state index < -0.39 is 36.7 Å². The van der Waals surface area contributed by atoms with Crippen LogP contribution in [0.15, 0.2) is 28.1 Å². The van der Waals surface area contributed by atoms with Crippen LogP contribution < -0.4 is 20.6 Å². The second-order valence-electron chi connectivity index (χ2n) is 6.71. The molecule has 1 aromatic heterocycles. The Bertz CT molecular complexity index is 1010. The number of hydrogen-bond donors (Lipinski definition) is 6. The van der Waals surface area contributed by atoms with Gasteiger partial charge >= 0.3 is 5.69 Å². The molecule has 2 aromatic rings. The Morgan fingerprint density at radius 3 is 2.58 bits per heavy atom. The fourth-order valence-corrected chi connectivity index (χ4v) is 3.11. The van der Waals surface area contributed by atoms with Crippen molar-refractivity contribution < 1.29 is 34.9 Å². The van der Waals surface area contributed by atoms with E-state index in [9.17, 15) is 25.2 Å². The molecule has 0 saturated heterocycles. The summed E-state index contributed by atoms with van der Waals surface area (Å²) in [4.78, 5) is 31.6. The highest BCUT2D eigenvalue weighted by molar-refractivity contribution is 6.36. The number of hydrogen-bond acceptors (Lipinski definition) is 11. The maximum atomic E-state index is 11.3. The largest absolute Gasteiger partial charge is 0.481 e. The number of ether oxygens (including phenoxy) is 1. The molecule has 0 bridgehead atoms. The molecule has 0 aliphatic carbocycles. The standard InChI is InChI=1S/C19H24Cl2N4O8/c1-22-7-13(26)15(28)16(29)14(27)8-32-33-17-9(3-10(20)4-11(17)21)5-23-12-6-24-19(30)25-18(12)31-2/h3-6,13-16,22,26-29H,7-8H2,1-2H3,(H,24,25,30). The van der Waals surface area contributed by atoms with Crippen LogP contribution in [0.4, 0.5) is 5.69 Å². The Balaban J connectivity index is 2.13. The van der Waals surface area contributed by atoms with E-state index in [0.29, 0.717) is 0 Å². The summed E-state index contributed by atoms with van der Waals surface area (Å²) in [6, 6.07) is 2.84. The number of aromatic nitrogens is 2. The van der Waals surface area contributed by atoms with Crippen LogP contribution >= 0.6 is 23.2 Å². The van der Waals surface area contributed by atoms with Gasteiger partial charge in [-0.3, -0.25) is 4.98 Å². The maximum Gasteiger partial charge on any atom is 0.347 e. The van der Waals surface area contributed by atoms with Crippen molar-refractivity contribution in [3.8, 4) is 11.6 Å². The Labute approximate surface area is 198 Å². The van der Waals surface area contributed by atoms with Gasteiger partial charge in [-0.25, -0.2) is 9.79 Å². The first kappa shape index (κ1) is 27.0. The Kier molecular flexibility index (Phi) is 10.5. The molecule has 0 spiro atoms. The molecule has 0 fully saturated rings. The minimum absolute atomic E-state index is 0.000982. The van der Waals surface area contributed by atoms with E-state index in [4.69, 9.17) is 37.7 Å². The normalized spacial score (nSPS) is 15.3. The first-order chi connectivity index (χ1) is 15.7. The number of aliphatic hydroxyl groups is 4. The third kappa shape index (κ3) is 7.62. The van der Waals surface area contributed by atoms with Gasteiger partial charge in [0.1, 0.15) is 30.6 Å². The number of aliphatic imine (C=N–C) groups is 1. The molecule has 1 aromatic carbocycles. The molecule has 0 saturated carbocycles. The molecular weight excluding hydrogens is 483 g/mol. The lowest BCUT2D eigenvalue weighted by atomic mass is 10.0. The lowest BCUT2D eigenvalue weighted by Gasteiger charge is -2.26. The van der Waals surface area contributed by atoms with Gasteiger partial charge in [-0.2, -0.15) is 9.87 Å². The van der Waals surface area contributed by atoms with E-state index in [0.717, 1.165) is 0 Å². The zero-order valence-electron chi connectivity index (χ0n) is 17.6. The number of methoxy groups -OCH3 is 1. The van der Waals surface area contributed by atoms with Gasteiger partial charge in [0.05, 0.1) is 24.4 Å². The number of halogens is 2. The van der Waals surface area contributed by atoms with Crippen LogP contribution in [-0.4, -0.2) is 88.3 Å². The molecule has 0 amide bonds. The molecule has 2 rings (SSSR count). The first-order valence-corrected chi connectivity index (χ1v) is 10.3. The monoisotopic (exact) mass is 506 g/mol. The molecule has 4 unspecified atom stereocenters. The second-order valence-corrected chi connectivity index (χ2v) is 7.56. The Hall–Kier alpha value is -2.29. The summed E-state index contributed by atoms with van der Waals surface area (Å²) in [6.07, 6.45) is -3.74. The molecule has 0 aliphatic heterocycles. The zero-order valence-corrected chi connectivity index (χ0v) is 19.1. The quantitative estimate of drug-likeness (QED) is 0.128. The molecular formula is C19H24Cl2N4O8. The summed E-state index contributed by atoms with van der Waals surface area (Å²) in [6.45, 7) is -0.571. The van der Waals surface area contributed by atoms with Gasteiger partial charge in [0.2, 0.25) is 5.88 Å². The first-order valence-electron chi connectivity index (χ1n) is 9.50. The predicted octanol–water partition coefficient (Wildman–Crippen LogP) is -0.191. The van der Waals surface area contributed by atoms with Crippen LogP contribution in [0.3, 0.4) is 0 Å². The van der Waals surface area contributed by atoms with Crippen molar-refractivity contribution in [2.24, 2.45) is 4.99 Å². The van der Waals surface area contributed by atoms with Crippen molar-refractivity contribution >= 4 is 35.1 Å². The summed E-state index contributed by atoms with van der Waals surface area (Å²) in [5.74, 6) is 0.0628. The number of aliphatic hydroxyl groups excluding tert-OH is 4. The Morgan fingerprint density at radius 1 is 1.21 bits per heavy atom. The number of aromatic amines is 1. The Morgan fingerprint density at radius 2 is 1.91 bits per heavy atom. The van der Waals surface area contributed by atoms with Crippen molar-refractivity contribution in [3.63, 3.8) is 0 Å². The van der Waals surface area contributed by atoms with Gasteiger partial charge in [0.25, 0.3) is 0 Å². The average molecular weight is 507 g/mol. The van der Waals surface area contributed by atoms with Gasteiger partial charge in [0.15, 0.2) is 5.75 Å². The van der Waals surface area contributed by atoms with Crippen LogP contribution in [0.1, 0.15) is 5.56 Å². The molecule has 0 aliphatic rings. The van der Waals surface area contributed by atoms with Crippen LogP contribution in [0.2, 0.25) is 10.0 Å². The molecule has 4 atom stereocenters. The topological polar surface area (TPSA) is 179 Å². The van der Waals surface area contributed by atoms with E-state index >= 15 is 0 Å². The average Bonchev–Trinajstić information content (AvgIpc) is 2.78. The number of benzene rings is 1. The minimum Gasteiger partial charge on any atom is -0.481 e. The lowest BCUT2D eigenvalue weighted by molar-refractivity contribution is -0.238. The maximum absolute atomic E-state index is 11.3. The second kappa shape index (κ2) is 12.8. The van der Waals surface area contributed by atoms with E-state index in [1.807, 2.05) is 0 Å². The van der Waals surface area contributed by atoms with Crippen LogP contribution in [0.5, 0.6) is 11.6 Å². The lowest BCUT2D eigenvalue weighted by Crippen LogP contribution is -2.49. The van der Waals surface area contributed by atoms with Crippen molar-refractivity contribution in [3.05, 3.63) is 44.4 Å². The molecule has 0 radical (unpaired) electrons. The smallest absolute Gasteiger partial charge is 0.347 e. The highest BCUT2D eigenvalue weighted by Gasteiger charge is 2.30. The van der Waals surface area contributed by atoms with Crippen LogP contribution in [-0.2, 0) is 4.89 Å². The van der Waals surface area contributed by atoms with Crippen LogP contribution in [0.25, 0.3) is 0 Å². The van der Waals surface area contributed by atoms with Gasteiger partial charge in [-0.15, -0.1) is 0 Å².